The van der Waals surface area contributed by atoms with Gasteiger partial charge in [-0.1, -0.05) is 0 Å². The largest absolute Gasteiger partial charge is 0.384 e. The molecule has 1 aromatic heterocycles. The van der Waals surface area contributed by atoms with Crippen LogP contribution in [0.2, 0.25) is 0 Å². The number of nitrogens with zero attached hydrogens (tertiary/aromatic N) is 2. The number of ketones is 1. The number of β-amino-alcohol motifs (C(OH)–C–C–N with tert-alkyl or cyclic N) is 1. The van der Waals surface area contributed by atoms with E-state index in [4.69, 9.17) is 4.74 Å². The van der Waals surface area contributed by atoms with Gasteiger partial charge in [-0.15, -0.1) is 0 Å². The number of aliphatic hydroxyl groups is 1. The first-order chi connectivity index (χ1) is 8.27. The van der Waals surface area contributed by atoms with Crippen LogP contribution in [0.5, 0.6) is 0 Å². The lowest BCUT2D eigenvalue weighted by Crippen LogP contribution is -2.43. The maximum atomic E-state index is 11.9. The molecule has 92 valence electrons. The molecule has 0 spiro atoms. The Morgan fingerprint density at radius 1 is 1.53 bits per heavy atom. The number of rotatable bonds is 4. The number of aliphatic hydroxyl groups excluding tert-OH is 1. The van der Waals surface area contributed by atoms with Crippen molar-refractivity contribution in [3.63, 3.8) is 0 Å². The van der Waals surface area contributed by atoms with Crippen molar-refractivity contribution in [3.05, 3.63) is 30.1 Å². The van der Waals surface area contributed by atoms with Crippen LogP contribution in [0.25, 0.3) is 0 Å². The van der Waals surface area contributed by atoms with Crippen LogP contribution in [-0.2, 0) is 4.74 Å². The Hall–Kier alpha value is -1.30. The van der Waals surface area contributed by atoms with Gasteiger partial charge in [0.2, 0.25) is 0 Å². The van der Waals surface area contributed by atoms with Crippen LogP contribution >= 0.6 is 0 Å². The van der Waals surface area contributed by atoms with Crippen LogP contribution < -0.4 is 0 Å². The first kappa shape index (κ1) is 12.2. The van der Waals surface area contributed by atoms with Crippen molar-refractivity contribution in [2.45, 2.75) is 6.10 Å². The summed E-state index contributed by atoms with van der Waals surface area (Å²) in [6.45, 7) is 3.20. The quantitative estimate of drug-likeness (QED) is 0.743. The van der Waals surface area contributed by atoms with Gasteiger partial charge in [0, 0.05) is 37.6 Å². The van der Waals surface area contributed by atoms with Crippen LogP contribution in [0.3, 0.4) is 0 Å². The second-order valence-corrected chi connectivity index (χ2v) is 4.03. The Morgan fingerprint density at radius 2 is 2.29 bits per heavy atom. The molecule has 1 aromatic rings. The molecule has 1 saturated heterocycles. The third kappa shape index (κ3) is 3.33. The lowest BCUT2D eigenvalue weighted by atomic mass is 10.1. The summed E-state index contributed by atoms with van der Waals surface area (Å²) < 4.78 is 5.21. The fraction of sp³-hybridized carbons (Fsp3) is 0.500. The fourth-order valence-corrected chi connectivity index (χ4v) is 1.81. The molecule has 0 amide bonds. The first-order valence-corrected chi connectivity index (χ1v) is 5.70. The van der Waals surface area contributed by atoms with Crippen LogP contribution in [0.15, 0.2) is 24.5 Å². The molecule has 1 fully saturated rings. The van der Waals surface area contributed by atoms with Crippen LogP contribution in [0.4, 0.5) is 0 Å². The highest BCUT2D eigenvalue weighted by molar-refractivity contribution is 5.99. The van der Waals surface area contributed by atoms with Crippen LogP contribution in [-0.4, -0.2) is 59.7 Å². The van der Waals surface area contributed by atoms with E-state index in [1.165, 1.54) is 6.20 Å². The van der Waals surface area contributed by atoms with E-state index in [1.54, 1.807) is 18.3 Å². The van der Waals surface area contributed by atoms with E-state index in [2.05, 4.69) is 4.98 Å². The van der Waals surface area contributed by atoms with Gasteiger partial charge in [0.15, 0.2) is 5.78 Å². The minimum absolute atomic E-state index is 0.274. The highest BCUT2D eigenvalue weighted by Crippen LogP contribution is 2.05. The molecule has 0 aromatic carbocycles. The van der Waals surface area contributed by atoms with Crippen molar-refractivity contribution in [1.29, 1.82) is 0 Å². The van der Waals surface area contributed by atoms with E-state index in [-0.39, 0.29) is 5.78 Å². The predicted molar refractivity (Wildman–Crippen MR) is 61.8 cm³/mol. The van der Waals surface area contributed by atoms with Gasteiger partial charge in [0.1, 0.15) is 6.10 Å². The molecule has 0 radical (unpaired) electrons. The van der Waals surface area contributed by atoms with Gasteiger partial charge >= 0.3 is 0 Å². The predicted octanol–water partition coefficient (Wildman–Crippen LogP) is -0.0426. The summed E-state index contributed by atoms with van der Waals surface area (Å²) in [5, 5.41) is 9.86. The molecule has 1 unspecified atom stereocenters. The zero-order valence-corrected chi connectivity index (χ0v) is 9.58. The molecule has 1 aliphatic heterocycles. The van der Waals surface area contributed by atoms with E-state index in [0.717, 1.165) is 13.1 Å². The van der Waals surface area contributed by atoms with E-state index in [0.29, 0.717) is 25.3 Å². The highest BCUT2D eigenvalue weighted by atomic mass is 16.5. The molecule has 0 saturated carbocycles. The SMILES string of the molecule is O=C(c1cccnc1)C(O)CN1CCOCC1. The van der Waals surface area contributed by atoms with Gasteiger partial charge in [0.05, 0.1) is 13.2 Å². The molecule has 17 heavy (non-hydrogen) atoms. The van der Waals surface area contributed by atoms with Gasteiger partial charge in [-0.3, -0.25) is 14.7 Å². The Bertz CT molecular complexity index is 363. The number of ether oxygens (including phenoxy) is 1. The number of morpholine rings is 1. The maximum absolute atomic E-state index is 11.9. The molecule has 2 rings (SSSR count). The third-order valence-electron chi connectivity index (χ3n) is 2.78. The minimum atomic E-state index is -0.989. The molecule has 1 atom stereocenters. The number of hydrogen-bond donors (Lipinski definition) is 1. The lowest BCUT2D eigenvalue weighted by Gasteiger charge is -2.28. The van der Waals surface area contributed by atoms with E-state index in [1.807, 2.05) is 4.90 Å². The van der Waals surface area contributed by atoms with Crippen molar-refractivity contribution in [2.75, 3.05) is 32.8 Å². The van der Waals surface area contributed by atoms with Crippen molar-refractivity contribution in [3.8, 4) is 0 Å². The Balaban J connectivity index is 1.91. The number of aromatic nitrogens is 1. The lowest BCUT2D eigenvalue weighted by molar-refractivity contribution is 0.0156. The standard InChI is InChI=1S/C12H16N2O3/c15-11(9-14-4-6-17-7-5-14)12(16)10-2-1-3-13-8-10/h1-3,8,11,15H,4-7,9H2. The summed E-state index contributed by atoms with van der Waals surface area (Å²) in [4.78, 5) is 17.8. The molecule has 5 nitrogen and oxygen atoms in total. The zero-order valence-electron chi connectivity index (χ0n) is 9.58. The Labute approximate surface area is 100 Å². The normalized spacial score (nSPS) is 18.9. The molecule has 0 aliphatic carbocycles. The fourth-order valence-electron chi connectivity index (χ4n) is 1.81. The third-order valence-corrected chi connectivity index (χ3v) is 2.78. The number of carbonyl (C=O) groups excluding carboxylic acids is 1. The van der Waals surface area contributed by atoms with Gasteiger partial charge in [-0.25, -0.2) is 0 Å². The Morgan fingerprint density at radius 3 is 2.94 bits per heavy atom. The second-order valence-electron chi connectivity index (χ2n) is 4.03. The van der Waals surface area contributed by atoms with Gasteiger partial charge in [-0.05, 0) is 12.1 Å². The number of pyridine rings is 1. The minimum Gasteiger partial charge on any atom is -0.384 e. The number of hydrogen-bond acceptors (Lipinski definition) is 5. The average Bonchev–Trinajstić information content (AvgIpc) is 2.40. The summed E-state index contributed by atoms with van der Waals surface area (Å²) >= 11 is 0. The highest BCUT2D eigenvalue weighted by Gasteiger charge is 2.21. The number of Topliss-reactive ketones (excluding diaryl/α,β-unsaturated/α-hetero) is 1. The summed E-state index contributed by atoms with van der Waals surface area (Å²) in [6, 6.07) is 3.35. The molecular weight excluding hydrogens is 220 g/mol. The number of carbonyl (C=O) groups is 1. The van der Waals surface area contributed by atoms with E-state index in [9.17, 15) is 9.90 Å². The molecule has 5 heteroatoms. The topological polar surface area (TPSA) is 62.7 Å². The molecule has 1 N–H and O–H groups in total. The monoisotopic (exact) mass is 236 g/mol. The maximum Gasteiger partial charge on any atom is 0.194 e. The summed E-state index contributed by atoms with van der Waals surface area (Å²) in [6.07, 6.45) is 2.09. The van der Waals surface area contributed by atoms with Crippen molar-refractivity contribution < 1.29 is 14.6 Å². The van der Waals surface area contributed by atoms with Crippen molar-refractivity contribution >= 4 is 5.78 Å². The second kappa shape index (κ2) is 5.86. The molecule has 0 bridgehead atoms. The smallest absolute Gasteiger partial charge is 0.194 e. The van der Waals surface area contributed by atoms with E-state index >= 15 is 0 Å². The summed E-state index contributed by atoms with van der Waals surface area (Å²) in [7, 11) is 0. The molecule has 2 heterocycles. The van der Waals surface area contributed by atoms with Crippen LogP contribution in [0.1, 0.15) is 10.4 Å². The van der Waals surface area contributed by atoms with E-state index < -0.39 is 6.10 Å². The first-order valence-electron chi connectivity index (χ1n) is 5.70. The summed E-state index contributed by atoms with van der Waals surface area (Å²) in [5.41, 5.74) is 0.452. The van der Waals surface area contributed by atoms with Gasteiger partial charge in [0.25, 0.3) is 0 Å². The van der Waals surface area contributed by atoms with Crippen molar-refractivity contribution in [1.82, 2.24) is 9.88 Å². The van der Waals surface area contributed by atoms with Gasteiger partial charge < -0.3 is 9.84 Å². The van der Waals surface area contributed by atoms with Crippen molar-refractivity contribution in [2.24, 2.45) is 0 Å². The zero-order chi connectivity index (χ0) is 12.1. The average molecular weight is 236 g/mol. The summed E-state index contributed by atoms with van der Waals surface area (Å²) in [5.74, 6) is -0.274. The molecular formula is C12H16N2O3. The Kier molecular flexibility index (Phi) is 4.19. The molecule has 1 aliphatic rings. The van der Waals surface area contributed by atoms with Crippen LogP contribution in [0, 0.1) is 0 Å². The van der Waals surface area contributed by atoms with Gasteiger partial charge in [-0.2, -0.15) is 0 Å².